The van der Waals surface area contributed by atoms with Gasteiger partial charge in [-0.15, -0.1) is 0 Å². The Morgan fingerprint density at radius 2 is 1.73 bits per heavy atom. The second-order valence-corrected chi connectivity index (χ2v) is 8.61. The first kappa shape index (κ1) is 19.1. The van der Waals surface area contributed by atoms with E-state index in [0.717, 1.165) is 12.8 Å². The van der Waals surface area contributed by atoms with E-state index in [1.54, 1.807) is 11.9 Å². The van der Waals surface area contributed by atoms with E-state index >= 15 is 0 Å². The van der Waals surface area contributed by atoms with Crippen LogP contribution in [0.1, 0.15) is 47.0 Å². The minimum absolute atomic E-state index is 0.0372. The first-order valence-corrected chi connectivity index (χ1v) is 9.62. The summed E-state index contributed by atoms with van der Waals surface area (Å²) in [7, 11) is 1.06. The number of carbonyl (C=O) groups excluding carboxylic acids is 2. The van der Waals surface area contributed by atoms with Crippen molar-refractivity contribution >= 4 is 22.6 Å². The largest absolute Gasteiger partial charge is 0.344 e. The van der Waals surface area contributed by atoms with Crippen molar-refractivity contribution in [3.63, 3.8) is 0 Å². The van der Waals surface area contributed by atoms with Crippen molar-refractivity contribution in [3.8, 4) is 0 Å². The van der Waals surface area contributed by atoms with E-state index in [0.29, 0.717) is 17.9 Å². The minimum atomic E-state index is -0.734. The average Bonchev–Trinajstić information content (AvgIpc) is 2.43. The normalized spacial score (nSPS) is 23.4. The van der Waals surface area contributed by atoms with Crippen LogP contribution in [0.4, 0.5) is 0 Å². The summed E-state index contributed by atoms with van der Waals surface area (Å²) in [6.45, 7) is 7.87. The van der Waals surface area contributed by atoms with Crippen LogP contribution in [-0.2, 0) is 20.4 Å². The van der Waals surface area contributed by atoms with Crippen molar-refractivity contribution in [1.82, 2.24) is 10.2 Å². The van der Waals surface area contributed by atoms with Gasteiger partial charge in [-0.3, -0.25) is 13.8 Å². The molecule has 5 nitrogen and oxygen atoms in total. The summed E-state index contributed by atoms with van der Waals surface area (Å²) in [5.41, 5.74) is 0. The van der Waals surface area contributed by atoms with Crippen LogP contribution in [0.15, 0.2) is 0 Å². The third kappa shape index (κ3) is 5.71. The molecule has 0 aromatic carbocycles. The molecule has 0 aromatic rings. The van der Waals surface area contributed by atoms with Gasteiger partial charge in [0.2, 0.25) is 11.8 Å². The first-order valence-electron chi connectivity index (χ1n) is 8.13. The first-order chi connectivity index (χ1) is 10.2. The van der Waals surface area contributed by atoms with Gasteiger partial charge in [-0.25, -0.2) is 0 Å². The summed E-state index contributed by atoms with van der Waals surface area (Å²) in [5, 5.41) is 2.89. The number of likely N-dealkylation sites (N-methyl/N-ethyl adjacent to an activating group) is 1. The highest BCUT2D eigenvalue weighted by atomic mass is 32.2. The lowest BCUT2D eigenvalue weighted by Gasteiger charge is -2.34. The van der Waals surface area contributed by atoms with E-state index < -0.39 is 16.8 Å². The van der Waals surface area contributed by atoms with Gasteiger partial charge in [0.15, 0.2) is 0 Å². The number of nitrogens with one attached hydrogen (secondary N) is 1. The molecule has 0 aromatic heterocycles. The standard InChI is InChI=1S/C16H30N2O3S/c1-11(2)10-14(19)17-15(12(3)4)16(20)18(5)13-6-8-22(21)9-7-13/h11-13,15H,6-10H2,1-5H3,(H,17,19)/t13?,15-,22?/m0/s1. The molecule has 1 rings (SSSR count). The van der Waals surface area contributed by atoms with E-state index in [1.807, 2.05) is 27.7 Å². The monoisotopic (exact) mass is 330 g/mol. The molecule has 0 aliphatic carbocycles. The van der Waals surface area contributed by atoms with Crippen molar-refractivity contribution in [2.45, 2.75) is 59.0 Å². The van der Waals surface area contributed by atoms with Crippen LogP contribution in [0.2, 0.25) is 0 Å². The van der Waals surface area contributed by atoms with Gasteiger partial charge in [0, 0.05) is 41.8 Å². The van der Waals surface area contributed by atoms with Crippen LogP contribution >= 0.6 is 0 Å². The molecule has 0 radical (unpaired) electrons. The summed E-state index contributed by atoms with van der Waals surface area (Å²) in [6, 6.07) is -0.350. The van der Waals surface area contributed by atoms with E-state index in [4.69, 9.17) is 0 Å². The molecule has 6 heteroatoms. The van der Waals surface area contributed by atoms with Crippen molar-refractivity contribution in [3.05, 3.63) is 0 Å². The lowest BCUT2D eigenvalue weighted by Crippen LogP contribution is -2.53. The Hall–Kier alpha value is -0.910. The zero-order valence-electron chi connectivity index (χ0n) is 14.4. The Morgan fingerprint density at radius 3 is 2.18 bits per heavy atom. The summed E-state index contributed by atoms with van der Waals surface area (Å²) in [5.74, 6) is 1.53. The fourth-order valence-electron chi connectivity index (χ4n) is 2.68. The molecule has 0 saturated carbocycles. The summed E-state index contributed by atoms with van der Waals surface area (Å²) >= 11 is 0. The van der Waals surface area contributed by atoms with E-state index in [2.05, 4.69) is 5.32 Å². The third-order valence-corrected chi connectivity index (χ3v) is 5.48. The predicted molar refractivity (Wildman–Crippen MR) is 89.9 cm³/mol. The van der Waals surface area contributed by atoms with E-state index in [-0.39, 0.29) is 29.7 Å². The molecule has 1 aliphatic heterocycles. The fourth-order valence-corrected chi connectivity index (χ4v) is 3.96. The van der Waals surface area contributed by atoms with Gasteiger partial charge in [-0.2, -0.15) is 0 Å². The van der Waals surface area contributed by atoms with Gasteiger partial charge in [0.1, 0.15) is 6.04 Å². The highest BCUT2D eigenvalue weighted by Gasteiger charge is 2.31. The fraction of sp³-hybridized carbons (Fsp3) is 0.875. The molecule has 0 bridgehead atoms. The lowest BCUT2D eigenvalue weighted by molar-refractivity contribution is -0.138. The topological polar surface area (TPSA) is 66.5 Å². The highest BCUT2D eigenvalue weighted by molar-refractivity contribution is 7.85. The van der Waals surface area contributed by atoms with Crippen LogP contribution in [-0.4, -0.2) is 51.6 Å². The number of rotatable bonds is 6. The summed E-state index contributed by atoms with van der Waals surface area (Å²) in [4.78, 5) is 26.5. The van der Waals surface area contributed by atoms with Gasteiger partial charge in [-0.1, -0.05) is 27.7 Å². The highest BCUT2D eigenvalue weighted by Crippen LogP contribution is 2.17. The molecule has 0 unspecified atom stereocenters. The number of amides is 2. The van der Waals surface area contributed by atoms with E-state index in [1.165, 1.54) is 0 Å². The zero-order valence-corrected chi connectivity index (χ0v) is 15.2. The number of nitrogens with zero attached hydrogens (tertiary/aromatic N) is 1. The van der Waals surface area contributed by atoms with E-state index in [9.17, 15) is 13.8 Å². The molecule has 1 heterocycles. The Kier molecular flexibility index (Phi) is 7.53. The third-order valence-electron chi connectivity index (χ3n) is 4.10. The van der Waals surface area contributed by atoms with Gasteiger partial charge in [0.05, 0.1) is 0 Å². The molecular weight excluding hydrogens is 300 g/mol. The van der Waals surface area contributed by atoms with Gasteiger partial charge < -0.3 is 10.2 Å². The Morgan fingerprint density at radius 1 is 1.18 bits per heavy atom. The Labute approximate surface area is 136 Å². The molecule has 1 fully saturated rings. The second kappa shape index (κ2) is 8.65. The smallest absolute Gasteiger partial charge is 0.245 e. The maximum Gasteiger partial charge on any atom is 0.245 e. The number of hydrogen-bond donors (Lipinski definition) is 1. The molecule has 1 saturated heterocycles. The zero-order chi connectivity index (χ0) is 16.9. The second-order valence-electron chi connectivity index (χ2n) is 6.92. The summed E-state index contributed by atoms with van der Waals surface area (Å²) in [6.07, 6.45) is 1.99. The molecular formula is C16H30N2O3S. The summed E-state index contributed by atoms with van der Waals surface area (Å²) < 4.78 is 11.4. The molecule has 1 aliphatic rings. The van der Waals surface area contributed by atoms with Gasteiger partial charge >= 0.3 is 0 Å². The number of carbonyl (C=O) groups is 2. The quantitative estimate of drug-likeness (QED) is 0.803. The molecule has 22 heavy (non-hydrogen) atoms. The number of hydrogen-bond acceptors (Lipinski definition) is 3. The predicted octanol–water partition coefficient (Wildman–Crippen LogP) is 1.54. The van der Waals surface area contributed by atoms with Crippen LogP contribution in [0.25, 0.3) is 0 Å². The van der Waals surface area contributed by atoms with Gasteiger partial charge in [-0.05, 0) is 24.7 Å². The van der Waals surface area contributed by atoms with Crippen LogP contribution in [0.5, 0.6) is 0 Å². The lowest BCUT2D eigenvalue weighted by atomic mass is 10.00. The van der Waals surface area contributed by atoms with Crippen molar-refractivity contribution < 1.29 is 13.8 Å². The molecule has 2 amide bonds. The van der Waals surface area contributed by atoms with Crippen molar-refractivity contribution in [2.75, 3.05) is 18.6 Å². The van der Waals surface area contributed by atoms with Crippen LogP contribution < -0.4 is 5.32 Å². The molecule has 0 spiro atoms. The molecule has 128 valence electrons. The Balaban J connectivity index is 2.67. The van der Waals surface area contributed by atoms with Crippen LogP contribution in [0, 0.1) is 11.8 Å². The SMILES string of the molecule is CC(C)CC(=O)N[C@H](C(=O)N(C)C1CCS(=O)CC1)C(C)C. The minimum Gasteiger partial charge on any atom is -0.344 e. The average molecular weight is 330 g/mol. The van der Waals surface area contributed by atoms with Crippen molar-refractivity contribution in [1.29, 1.82) is 0 Å². The van der Waals surface area contributed by atoms with Gasteiger partial charge in [0.25, 0.3) is 0 Å². The Bertz CT molecular complexity index is 414. The molecule has 1 N–H and O–H groups in total. The van der Waals surface area contributed by atoms with Crippen molar-refractivity contribution in [2.24, 2.45) is 11.8 Å². The van der Waals surface area contributed by atoms with Crippen LogP contribution in [0.3, 0.4) is 0 Å². The maximum absolute atomic E-state index is 12.7. The molecule has 1 atom stereocenters. The maximum atomic E-state index is 12.7.